The van der Waals surface area contributed by atoms with Crippen LogP contribution in [-0.4, -0.2) is 13.2 Å². The van der Waals surface area contributed by atoms with Crippen molar-refractivity contribution in [3.63, 3.8) is 0 Å². The van der Waals surface area contributed by atoms with Crippen molar-refractivity contribution in [1.82, 2.24) is 0 Å². The van der Waals surface area contributed by atoms with E-state index in [1.165, 1.54) is 29.5 Å². The second-order valence-corrected chi connectivity index (χ2v) is 13.6. The molecule has 1 heterocycles. The highest BCUT2D eigenvalue weighted by Gasteiger charge is 2.39. The second kappa shape index (κ2) is 10.7. The van der Waals surface area contributed by atoms with Gasteiger partial charge in [-0.2, -0.15) is 0 Å². The van der Waals surface area contributed by atoms with Crippen molar-refractivity contribution in [2.24, 2.45) is 5.41 Å². The summed E-state index contributed by atoms with van der Waals surface area (Å²) in [5.41, 5.74) is 3.93. The third-order valence-corrected chi connectivity index (χ3v) is 7.51. The minimum atomic E-state index is -1.39. The van der Waals surface area contributed by atoms with Crippen LogP contribution in [0.15, 0.2) is 12.1 Å². The van der Waals surface area contributed by atoms with Gasteiger partial charge < -0.3 is 13.6 Å². The van der Waals surface area contributed by atoms with E-state index in [1.807, 2.05) is 0 Å². The molecule has 0 amide bonds. The molecule has 1 fully saturated rings. The predicted octanol–water partition coefficient (Wildman–Crippen LogP) is 9.45. The lowest BCUT2D eigenvalue weighted by Gasteiger charge is -2.39. The summed E-state index contributed by atoms with van der Waals surface area (Å²) in [6.45, 7) is 26.3. The Labute approximate surface area is 201 Å². The predicted molar refractivity (Wildman–Crippen MR) is 141 cm³/mol. The van der Waals surface area contributed by atoms with Gasteiger partial charge in [0, 0.05) is 16.5 Å². The van der Waals surface area contributed by atoms with Gasteiger partial charge in [-0.05, 0) is 34.7 Å². The van der Waals surface area contributed by atoms with Gasteiger partial charge in [0.15, 0.2) is 0 Å². The number of hydrogen-bond donors (Lipinski definition) is 0. The zero-order chi connectivity index (χ0) is 23.7. The molecule has 1 aliphatic rings. The molecule has 0 radical (unpaired) electrons. The number of unbranched alkanes of at least 4 members (excludes halogenated alkanes) is 1. The summed E-state index contributed by atoms with van der Waals surface area (Å²) in [5.74, 6) is 0.955. The fourth-order valence-corrected chi connectivity index (χ4v) is 5.22. The fourth-order valence-electron chi connectivity index (χ4n) is 3.94. The molecule has 32 heavy (non-hydrogen) atoms. The van der Waals surface area contributed by atoms with Gasteiger partial charge in [-0.1, -0.05) is 109 Å². The zero-order valence-electron chi connectivity index (χ0n) is 22.1. The third-order valence-electron chi connectivity index (χ3n) is 6.50. The van der Waals surface area contributed by atoms with Crippen LogP contribution >= 0.6 is 8.60 Å². The standard InChI is InChI=1S/C27H47O3P.CH4/c1-12-14-15-27(13-2)18-28-31(29-19-27)30-23-21(25(6,7)8)16-20(24(3,4)5)17-22(23)26(9,10)11;/h16-17H,12-15,18-19H2,1-11H3;1H4. The van der Waals surface area contributed by atoms with E-state index in [2.05, 4.69) is 88.3 Å². The van der Waals surface area contributed by atoms with Gasteiger partial charge in [0.2, 0.25) is 0 Å². The Morgan fingerprint density at radius 1 is 0.844 bits per heavy atom. The summed E-state index contributed by atoms with van der Waals surface area (Å²) >= 11 is 0. The van der Waals surface area contributed by atoms with Crippen LogP contribution in [0.2, 0.25) is 0 Å². The highest BCUT2D eigenvalue weighted by atomic mass is 31.2. The minimum absolute atomic E-state index is 0. The molecule has 0 unspecified atom stereocenters. The molecule has 0 N–H and O–H groups in total. The maximum atomic E-state index is 6.60. The maximum absolute atomic E-state index is 6.60. The Kier molecular flexibility index (Phi) is 9.88. The Morgan fingerprint density at radius 3 is 1.66 bits per heavy atom. The monoisotopic (exact) mass is 466 g/mol. The van der Waals surface area contributed by atoms with Crippen LogP contribution in [-0.2, 0) is 25.3 Å². The van der Waals surface area contributed by atoms with Crippen molar-refractivity contribution in [2.45, 2.75) is 126 Å². The molecule has 1 saturated heterocycles. The lowest BCUT2D eigenvalue weighted by molar-refractivity contribution is 0.00783. The Balaban J connectivity index is 0.00000512. The molecule has 0 aromatic heterocycles. The van der Waals surface area contributed by atoms with Crippen molar-refractivity contribution >= 4 is 8.60 Å². The smallest absolute Gasteiger partial charge is 0.397 e. The van der Waals surface area contributed by atoms with E-state index in [0.717, 1.165) is 31.8 Å². The van der Waals surface area contributed by atoms with Crippen molar-refractivity contribution in [3.8, 4) is 5.75 Å². The van der Waals surface area contributed by atoms with Crippen LogP contribution in [0.5, 0.6) is 5.75 Å². The van der Waals surface area contributed by atoms with Crippen LogP contribution in [0.4, 0.5) is 0 Å². The van der Waals surface area contributed by atoms with Gasteiger partial charge in [-0.15, -0.1) is 0 Å². The summed E-state index contributed by atoms with van der Waals surface area (Å²) in [5, 5.41) is 0. The van der Waals surface area contributed by atoms with Gasteiger partial charge in [0.05, 0.1) is 13.2 Å². The molecule has 0 bridgehead atoms. The highest BCUT2D eigenvalue weighted by Crippen LogP contribution is 2.53. The normalized spacial score (nSPS) is 22.4. The minimum Gasteiger partial charge on any atom is -0.426 e. The van der Waals surface area contributed by atoms with E-state index in [0.29, 0.717) is 0 Å². The topological polar surface area (TPSA) is 27.7 Å². The molecule has 0 aliphatic carbocycles. The van der Waals surface area contributed by atoms with Gasteiger partial charge in [0.25, 0.3) is 0 Å². The van der Waals surface area contributed by atoms with E-state index in [-0.39, 0.29) is 29.1 Å². The summed E-state index contributed by atoms with van der Waals surface area (Å²) in [4.78, 5) is 0. The number of benzene rings is 1. The van der Waals surface area contributed by atoms with Crippen LogP contribution in [0.25, 0.3) is 0 Å². The summed E-state index contributed by atoms with van der Waals surface area (Å²) in [7, 11) is -1.39. The summed E-state index contributed by atoms with van der Waals surface area (Å²) in [6.07, 6.45) is 4.66. The molecule has 0 saturated carbocycles. The first-order valence-corrected chi connectivity index (χ1v) is 13.2. The van der Waals surface area contributed by atoms with E-state index in [9.17, 15) is 0 Å². The Morgan fingerprint density at radius 2 is 1.31 bits per heavy atom. The molecule has 0 atom stereocenters. The fraction of sp³-hybridized carbons (Fsp3) is 0.786. The van der Waals surface area contributed by atoms with E-state index in [1.54, 1.807) is 0 Å². The Hall–Kier alpha value is -0.630. The maximum Gasteiger partial charge on any atom is 0.397 e. The first-order chi connectivity index (χ1) is 14.1. The van der Waals surface area contributed by atoms with Gasteiger partial charge >= 0.3 is 8.60 Å². The van der Waals surface area contributed by atoms with Crippen LogP contribution < -0.4 is 4.52 Å². The first-order valence-electron chi connectivity index (χ1n) is 12.1. The van der Waals surface area contributed by atoms with Crippen molar-refractivity contribution in [3.05, 3.63) is 28.8 Å². The zero-order valence-corrected chi connectivity index (χ0v) is 23.0. The SMILES string of the molecule is C.CCCCC1(CC)COP(Oc2c(C(C)(C)C)cc(C(C)(C)C)cc2C(C)(C)C)OC1. The molecule has 0 spiro atoms. The second-order valence-electron chi connectivity index (χ2n) is 12.5. The molecule has 3 nitrogen and oxygen atoms in total. The number of hydrogen-bond acceptors (Lipinski definition) is 3. The molecule has 186 valence electrons. The third kappa shape index (κ3) is 7.18. The lowest BCUT2D eigenvalue weighted by Crippen LogP contribution is -2.35. The van der Waals surface area contributed by atoms with Crippen LogP contribution in [0.1, 0.15) is 126 Å². The van der Waals surface area contributed by atoms with Crippen molar-refractivity contribution < 1.29 is 13.6 Å². The molecular formula is C28H51O3P. The molecule has 1 aromatic rings. The number of rotatable bonds is 6. The molecular weight excluding hydrogens is 415 g/mol. The van der Waals surface area contributed by atoms with Crippen molar-refractivity contribution in [1.29, 1.82) is 0 Å². The quantitative estimate of drug-likeness (QED) is 0.391. The molecule has 1 aliphatic heterocycles. The Bertz CT molecular complexity index is 692. The molecule has 2 rings (SSSR count). The summed E-state index contributed by atoms with van der Waals surface area (Å²) in [6, 6.07) is 4.67. The largest absolute Gasteiger partial charge is 0.426 e. The lowest BCUT2D eigenvalue weighted by atomic mass is 9.75. The molecule has 4 heteroatoms. The van der Waals surface area contributed by atoms with E-state index < -0.39 is 8.60 Å². The van der Waals surface area contributed by atoms with E-state index in [4.69, 9.17) is 13.6 Å². The van der Waals surface area contributed by atoms with Gasteiger partial charge in [0.1, 0.15) is 5.75 Å². The molecule has 1 aromatic carbocycles. The highest BCUT2D eigenvalue weighted by molar-refractivity contribution is 7.42. The van der Waals surface area contributed by atoms with E-state index >= 15 is 0 Å². The average molecular weight is 467 g/mol. The van der Waals surface area contributed by atoms with Crippen LogP contribution in [0.3, 0.4) is 0 Å². The first kappa shape index (κ1) is 29.4. The van der Waals surface area contributed by atoms with Gasteiger partial charge in [-0.25, -0.2) is 0 Å². The van der Waals surface area contributed by atoms with Crippen molar-refractivity contribution in [2.75, 3.05) is 13.2 Å². The van der Waals surface area contributed by atoms with Crippen LogP contribution in [0, 0.1) is 5.41 Å². The average Bonchev–Trinajstić information content (AvgIpc) is 2.65. The van der Waals surface area contributed by atoms with Gasteiger partial charge in [-0.3, -0.25) is 0 Å². The summed E-state index contributed by atoms with van der Waals surface area (Å²) < 4.78 is 19.1.